The van der Waals surface area contributed by atoms with Gasteiger partial charge in [0.05, 0.1) is 18.8 Å². The Hall–Kier alpha value is -3.17. The minimum atomic E-state index is -0.626. The van der Waals surface area contributed by atoms with Crippen molar-refractivity contribution in [1.82, 2.24) is 14.8 Å². The Labute approximate surface area is 206 Å². The zero-order valence-electron chi connectivity index (χ0n) is 19.2. The number of allylic oxidation sites excluding steroid dienone is 1. The lowest BCUT2D eigenvalue weighted by Gasteiger charge is -2.28. The molecule has 0 radical (unpaired) electrons. The van der Waals surface area contributed by atoms with E-state index < -0.39 is 12.0 Å². The molecule has 2 heterocycles. The van der Waals surface area contributed by atoms with Crippen molar-refractivity contribution in [2.45, 2.75) is 43.8 Å². The van der Waals surface area contributed by atoms with E-state index in [1.807, 2.05) is 24.3 Å². The molecule has 0 saturated carbocycles. The number of benzene rings is 2. The first-order chi connectivity index (χ1) is 16.3. The molecule has 178 valence electrons. The first-order valence-electron chi connectivity index (χ1n) is 10.7. The van der Waals surface area contributed by atoms with Gasteiger partial charge in [-0.3, -0.25) is 0 Å². The van der Waals surface area contributed by atoms with Gasteiger partial charge in [-0.25, -0.2) is 9.48 Å². The standard InChI is InChI=1S/C24H25ClN4O4S/c1-13(2)33-22(31)20-14(3)26-23-27-24(34-12-16-7-5-6-8-17(16)25)28-29(23)21(20)15-9-10-18(30)19(11-15)32-4/h5-11,13,21,30H,12H2,1-4H3,(H,26,27,28). The lowest BCUT2D eigenvalue weighted by atomic mass is 9.95. The second kappa shape index (κ2) is 9.99. The fourth-order valence-electron chi connectivity index (χ4n) is 3.66. The van der Waals surface area contributed by atoms with Crippen LogP contribution >= 0.6 is 23.4 Å². The molecule has 3 aromatic rings. The van der Waals surface area contributed by atoms with Gasteiger partial charge in [0.25, 0.3) is 0 Å². The van der Waals surface area contributed by atoms with Crippen molar-refractivity contribution in [1.29, 1.82) is 0 Å². The van der Waals surface area contributed by atoms with E-state index in [9.17, 15) is 9.90 Å². The number of ether oxygens (including phenoxy) is 2. The maximum atomic E-state index is 13.1. The molecule has 2 N–H and O–H groups in total. The van der Waals surface area contributed by atoms with Gasteiger partial charge in [-0.1, -0.05) is 47.6 Å². The zero-order valence-corrected chi connectivity index (χ0v) is 20.8. The van der Waals surface area contributed by atoms with Gasteiger partial charge in [0.2, 0.25) is 11.1 Å². The van der Waals surface area contributed by atoms with Crippen LogP contribution in [0.25, 0.3) is 0 Å². The van der Waals surface area contributed by atoms with Gasteiger partial charge >= 0.3 is 5.97 Å². The number of phenolic OH excluding ortho intramolecular Hbond substituents is 1. The Bertz CT molecular complexity index is 1260. The normalized spacial score (nSPS) is 15.2. The van der Waals surface area contributed by atoms with Crippen LogP contribution in [-0.2, 0) is 15.3 Å². The number of anilines is 1. The van der Waals surface area contributed by atoms with Crippen LogP contribution < -0.4 is 10.1 Å². The number of esters is 1. The lowest BCUT2D eigenvalue weighted by Crippen LogP contribution is -2.30. The third kappa shape index (κ3) is 4.85. The van der Waals surface area contributed by atoms with Crippen molar-refractivity contribution < 1.29 is 19.4 Å². The number of hydrogen-bond acceptors (Lipinski definition) is 8. The average Bonchev–Trinajstić information content (AvgIpc) is 3.19. The number of halogens is 1. The number of methoxy groups -OCH3 is 1. The molecule has 4 rings (SSSR count). The van der Waals surface area contributed by atoms with Crippen LogP contribution in [0, 0.1) is 0 Å². The summed E-state index contributed by atoms with van der Waals surface area (Å²) in [5.74, 6) is 0.929. The fourth-order valence-corrected chi connectivity index (χ4v) is 4.78. The van der Waals surface area contributed by atoms with Gasteiger partial charge in [-0.2, -0.15) is 4.98 Å². The minimum Gasteiger partial charge on any atom is -0.504 e. The monoisotopic (exact) mass is 500 g/mol. The summed E-state index contributed by atoms with van der Waals surface area (Å²) < 4.78 is 12.5. The highest BCUT2D eigenvalue weighted by molar-refractivity contribution is 7.98. The Balaban J connectivity index is 1.74. The number of phenols is 1. The summed E-state index contributed by atoms with van der Waals surface area (Å²) in [5.41, 5.74) is 2.69. The maximum absolute atomic E-state index is 13.1. The average molecular weight is 501 g/mol. The van der Waals surface area contributed by atoms with Crippen molar-refractivity contribution in [3.8, 4) is 11.5 Å². The molecule has 1 aliphatic rings. The van der Waals surface area contributed by atoms with Gasteiger partial charge in [0, 0.05) is 16.5 Å². The highest BCUT2D eigenvalue weighted by atomic mass is 35.5. The molecule has 34 heavy (non-hydrogen) atoms. The SMILES string of the molecule is COc1cc(C2C(C(=O)OC(C)C)=C(C)Nc3nc(SCc4ccccc4Cl)nn32)ccc1O. The number of nitrogens with zero attached hydrogens (tertiary/aromatic N) is 3. The second-order valence-electron chi connectivity index (χ2n) is 7.99. The van der Waals surface area contributed by atoms with Crippen molar-refractivity contribution >= 4 is 35.3 Å². The lowest BCUT2D eigenvalue weighted by molar-refractivity contribution is -0.143. The number of hydrogen-bond donors (Lipinski definition) is 2. The van der Waals surface area contributed by atoms with E-state index in [2.05, 4.69) is 10.3 Å². The molecular formula is C24H25ClN4O4S. The zero-order chi connectivity index (χ0) is 24.4. The van der Waals surface area contributed by atoms with Crippen LogP contribution in [0.4, 0.5) is 5.95 Å². The summed E-state index contributed by atoms with van der Waals surface area (Å²) in [6, 6.07) is 11.9. The summed E-state index contributed by atoms with van der Waals surface area (Å²) in [5, 5.41) is 19.2. The molecule has 1 atom stereocenters. The summed E-state index contributed by atoms with van der Waals surface area (Å²) >= 11 is 7.73. The molecule has 10 heteroatoms. The van der Waals surface area contributed by atoms with Gasteiger partial charge in [0.15, 0.2) is 11.5 Å². The molecule has 0 spiro atoms. The fraction of sp³-hybridized carbons (Fsp3) is 0.292. The first kappa shape index (κ1) is 24.0. The van der Waals surface area contributed by atoms with Crippen LogP contribution in [0.2, 0.25) is 5.02 Å². The van der Waals surface area contributed by atoms with Gasteiger partial charge in [0.1, 0.15) is 6.04 Å². The number of rotatable bonds is 7. The highest BCUT2D eigenvalue weighted by Crippen LogP contribution is 2.40. The number of nitrogens with one attached hydrogen (secondary N) is 1. The molecule has 1 aromatic heterocycles. The Morgan fingerprint density at radius 2 is 2.06 bits per heavy atom. The van der Waals surface area contributed by atoms with E-state index in [-0.39, 0.29) is 11.9 Å². The van der Waals surface area contributed by atoms with Crippen molar-refractivity contribution in [3.05, 3.63) is 69.9 Å². The number of carbonyl (C=O) groups excluding carboxylic acids is 1. The largest absolute Gasteiger partial charge is 0.504 e. The minimum absolute atomic E-state index is 0.00184. The molecule has 0 aliphatic carbocycles. The van der Waals surface area contributed by atoms with E-state index in [0.29, 0.717) is 44.5 Å². The van der Waals surface area contributed by atoms with E-state index >= 15 is 0 Å². The van der Waals surface area contributed by atoms with E-state index in [0.717, 1.165) is 5.56 Å². The number of carbonyl (C=O) groups is 1. The Morgan fingerprint density at radius 1 is 1.29 bits per heavy atom. The summed E-state index contributed by atoms with van der Waals surface area (Å²) in [6.07, 6.45) is -0.290. The van der Waals surface area contributed by atoms with Crippen molar-refractivity contribution in [3.63, 3.8) is 0 Å². The topological polar surface area (TPSA) is 98.5 Å². The van der Waals surface area contributed by atoms with E-state index in [1.54, 1.807) is 37.6 Å². The van der Waals surface area contributed by atoms with Crippen LogP contribution in [0.15, 0.2) is 58.9 Å². The molecule has 1 unspecified atom stereocenters. The molecule has 0 fully saturated rings. The summed E-state index contributed by atoms with van der Waals surface area (Å²) in [7, 11) is 1.47. The van der Waals surface area contributed by atoms with E-state index in [1.165, 1.54) is 24.9 Å². The number of thioether (sulfide) groups is 1. The molecule has 0 saturated heterocycles. The van der Waals surface area contributed by atoms with Crippen LogP contribution in [-0.4, -0.2) is 39.1 Å². The molecule has 0 amide bonds. The molecule has 2 aromatic carbocycles. The number of aromatic nitrogens is 3. The smallest absolute Gasteiger partial charge is 0.338 e. The molecular weight excluding hydrogens is 476 g/mol. The van der Waals surface area contributed by atoms with Crippen LogP contribution in [0.1, 0.15) is 37.9 Å². The van der Waals surface area contributed by atoms with Gasteiger partial charge in [-0.05, 0) is 50.1 Å². The van der Waals surface area contributed by atoms with E-state index in [4.69, 9.17) is 26.2 Å². The molecule has 8 nitrogen and oxygen atoms in total. The van der Waals surface area contributed by atoms with Crippen molar-refractivity contribution in [2.24, 2.45) is 0 Å². The quantitative estimate of drug-likeness (QED) is 0.338. The summed E-state index contributed by atoms with van der Waals surface area (Å²) in [4.78, 5) is 17.7. The predicted octanol–water partition coefficient (Wildman–Crippen LogP) is 5.18. The second-order valence-corrected chi connectivity index (χ2v) is 9.34. The number of fused-ring (bicyclic) bond motifs is 1. The van der Waals surface area contributed by atoms with Crippen LogP contribution in [0.5, 0.6) is 11.5 Å². The highest BCUT2D eigenvalue weighted by Gasteiger charge is 2.36. The third-order valence-corrected chi connectivity index (χ3v) is 6.49. The Kier molecular flexibility index (Phi) is 7.04. The van der Waals surface area contributed by atoms with Crippen molar-refractivity contribution in [2.75, 3.05) is 12.4 Å². The molecule has 1 aliphatic heterocycles. The first-order valence-corrected chi connectivity index (χ1v) is 12.0. The van der Waals surface area contributed by atoms with Gasteiger partial charge < -0.3 is 19.9 Å². The molecule has 0 bridgehead atoms. The number of aromatic hydroxyl groups is 1. The Morgan fingerprint density at radius 3 is 2.76 bits per heavy atom. The van der Waals surface area contributed by atoms with Gasteiger partial charge in [-0.15, -0.1) is 5.10 Å². The predicted molar refractivity (Wildman–Crippen MR) is 131 cm³/mol. The maximum Gasteiger partial charge on any atom is 0.338 e. The van der Waals surface area contributed by atoms with Crippen LogP contribution in [0.3, 0.4) is 0 Å². The summed E-state index contributed by atoms with van der Waals surface area (Å²) in [6.45, 7) is 5.40. The third-order valence-electron chi connectivity index (χ3n) is 5.23.